The molecule has 1 aliphatic heterocycles. The molecule has 0 spiro atoms. The van der Waals surface area contributed by atoms with Gasteiger partial charge in [0.25, 0.3) is 11.8 Å². The van der Waals surface area contributed by atoms with Crippen LogP contribution in [0.2, 0.25) is 0 Å². The van der Waals surface area contributed by atoms with Crippen LogP contribution in [-0.4, -0.2) is 80.1 Å². The van der Waals surface area contributed by atoms with E-state index in [1.807, 2.05) is 44.2 Å². The fourth-order valence-electron chi connectivity index (χ4n) is 5.92. The van der Waals surface area contributed by atoms with Gasteiger partial charge < -0.3 is 25.8 Å². The van der Waals surface area contributed by atoms with Gasteiger partial charge >= 0.3 is 5.69 Å². The number of rotatable bonds is 4. The standard InChI is InChI=1S/C35H44N8O5/c1-4-23(2)31-33(46)37-17-10-20-43-28-21-25(14-15-26(28)38-35(43)48)32(45)36-16-9-19-42(18-8-13-30(44)39-31)34(47)29-22-27(40-41(29)3)24-11-6-5-7-12-24/h5-7,11-12,14-15,21-23,31H,4,8-10,13,16-20H2,1-3H3,(H,36,45)(H,37,46)(H,38,48)(H,39,44)/t23-,31-/m0/s1. The number of hydrogen-bond acceptors (Lipinski definition) is 6. The molecule has 2 bridgehead atoms. The van der Waals surface area contributed by atoms with Gasteiger partial charge in [0.1, 0.15) is 11.7 Å². The predicted molar refractivity (Wildman–Crippen MR) is 182 cm³/mol. The molecule has 0 aliphatic carbocycles. The van der Waals surface area contributed by atoms with Crippen molar-refractivity contribution in [1.29, 1.82) is 0 Å². The maximum atomic E-state index is 13.9. The summed E-state index contributed by atoms with van der Waals surface area (Å²) in [4.78, 5) is 70.4. The van der Waals surface area contributed by atoms with E-state index in [2.05, 4.69) is 26.0 Å². The lowest BCUT2D eigenvalue weighted by Gasteiger charge is -2.25. The zero-order chi connectivity index (χ0) is 34.2. The SMILES string of the molecule is CC[C@H](C)[C@@H]1NC(=O)CCCN(C(=O)c2cc(-c3ccccc3)nn2C)CCCNC(=O)c2ccc3[nH]c(=O)n(c3c2)CCCNC1=O. The molecule has 2 aromatic heterocycles. The Morgan fingerprint density at radius 1 is 0.917 bits per heavy atom. The summed E-state index contributed by atoms with van der Waals surface area (Å²) in [5.74, 6) is -1.17. The van der Waals surface area contributed by atoms with E-state index >= 15 is 0 Å². The molecule has 5 rings (SSSR count). The molecule has 3 heterocycles. The molecule has 0 fully saturated rings. The van der Waals surface area contributed by atoms with Crippen LogP contribution >= 0.6 is 0 Å². The molecule has 0 saturated heterocycles. The van der Waals surface area contributed by atoms with E-state index in [0.29, 0.717) is 86.4 Å². The van der Waals surface area contributed by atoms with Gasteiger partial charge in [-0.05, 0) is 49.4 Å². The number of aromatic amines is 1. The molecule has 2 aromatic carbocycles. The summed E-state index contributed by atoms with van der Waals surface area (Å²) in [5.41, 5.74) is 3.29. The Morgan fingerprint density at radius 2 is 1.65 bits per heavy atom. The summed E-state index contributed by atoms with van der Waals surface area (Å²) >= 11 is 0. The Bertz CT molecular complexity index is 1830. The highest BCUT2D eigenvalue weighted by Crippen LogP contribution is 2.20. The van der Waals surface area contributed by atoms with Crippen LogP contribution in [0.3, 0.4) is 0 Å². The Labute approximate surface area is 279 Å². The molecule has 254 valence electrons. The topological polar surface area (TPSA) is 163 Å². The molecule has 4 amide bonds. The van der Waals surface area contributed by atoms with E-state index in [0.717, 1.165) is 5.56 Å². The van der Waals surface area contributed by atoms with E-state index in [4.69, 9.17) is 0 Å². The van der Waals surface area contributed by atoms with Gasteiger partial charge in [-0.25, -0.2) is 4.79 Å². The highest BCUT2D eigenvalue weighted by Gasteiger charge is 2.26. The largest absolute Gasteiger partial charge is 0.354 e. The van der Waals surface area contributed by atoms with Crippen LogP contribution in [0.4, 0.5) is 0 Å². The summed E-state index contributed by atoms with van der Waals surface area (Å²) in [6.07, 6.45) is 2.15. The summed E-state index contributed by atoms with van der Waals surface area (Å²) in [6, 6.07) is 15.7. The fraction of sp³-hybridized carbons (Fsp3) is 0.429. The van der Waals surface area contributed by atoms with E-state index in [-0.39, 0.29) is 41.7 Å². The second kappa shape index (κ2) is 15.6. The minimum absolute atomic E-state index is 0.100. The molecule has 4 N–H and O–H groups in total. The van der Waals surface area contributed by atoms with Crippen molar-refractivity contribution in [2.45, 2.75) is 58.5 Å². The minimum Gasteiger partial charge on any atom is -0.354 e. The zero-order valence-electron chi connectivity index (χ0n) is 27.8. The number of carbonyl (C=O) groups is 4. The van der Waals surface area contributed by atoms with Crippen LogP contribution in [0.25, 0.3) is 22.3 Å². The molecular formula is C35H44N8O5. The third-order valence-corrected chi connectivity index (χ3v) is 8.89. The van der Waals surface area contributed by atoms with E-state index in [9.17, 15) is 24.0 Å². The molecule has 1 aliphatic rings. The molecule has 13 heteroatoms. The molecular weight excluding hydrogens is 612 g/mol. The first kappa shape index (κ1) is 34.1. The molecule has 4 aromatic rings. The lowest BCUT2D eigenvalue weighted by atomic mass is 9.98. The number of amides is 4. The van der Waals surface area contributed by atoms with Gasteiger partial charge in [-0.1, -0.05) is 50.6 Å². The second-order valence-corrected chi connectivity index (χ2v) is 12.3. The number of nitrogens with one attached hydrogen (secondary N) is 4. The van der Waals surface area contributed by atoms with Crippen LogP contribution in [0, 0.1) is 5.92 Å². The lowest BCUT2D eigenvalue weighted by Crippen LogP contribution is -2.50. The normalized spacial score (nSPS) is 18.1. The first-order chi connectivity index (χ1) is 23.2. The molecule has 13 nitrogen and oxygen atoms in total. The van der Waals surface area contributed by atoms with Crippen molar-refractivity contribution in [3.8, 4) is 11.3 Å². The Kier molecular flexibility index (Phi) is 11.1. The molecule has 0 unspecified atom stereocenters. The molecule has 0 radical (unpaired) electrons. The maximum Gasteiger partial charge on any atom is 0.326 e. The quantitative estimate of drug-likeness (QED) is 0.264. The number of carbonyl (C=O) groups excluding carboxylic acids is 4. The van der Waals surface area contributed by atoms with E-state index in [1.165, 1.54) is 0 Å². The van der Waals surface area contributed by atoms with Gasteiger partial charge in [0.2, 0.25) is 11.8 Å². The van der Waals surface area contributed by atoms with Crippen LogP contribution < -0.4 is 21.6 Å². The summed E-state index contributed by atoms with van der Waals surface area (Å²) in [7, 11) is 1.73. The van der Waals surface area contributed by atoms with Gasteiger partial charge in [0.15, 0.2) is 0 Å². The Hall–Kier alpha value is -5.20. The first-order valence-electron chi connectivity index (χ1n) is 16.6. The van der Waals surface area contributed by atoms with Crippen molar-refractivity contribution < 1.29 is 19.2 Å². The van der Waals surface area contributed by atoms with Crippen LogP contribution in [-0.2, 0) is 23.2 Å². The van der Waals surface area contributed by atoms with Gasteiger partial charge in [0, 0.05) is 57.3 Å². The van der Waals surface area contributed by atoms with Crippen LogP contribution in [0.1, 0.15) is 66.8 Å². The molecule has 2 atom stereocenters. The van der Waals surface area contributed by atoms with Crippen molar-refractivity contribution in [2.75, 3.05) is 26.2 Å². The van der Waals surface area contributed by atoms with Crippen molar-refractivity contribution in [1.82, 2.24) is 40.2 Å². The maximum absolute atomic E-state index is 13.9. The van der Waals surface area contributed by atoms with Gasteiger partial charge in [0.05, 0.1) is 16.7 Å². The number of aromatic nitrogens is 4. The van der Waals surface area contributed by atoms with Crippen molar-refractivity contribution in [2.24, 2.45) is 13.0 Å². The van der Waals surface area contributed by atoms with Gasteiger partial charge in [-0.2, -0.15) is 5.10 Å². The predicted octanol–water partition coefficient (Wildman–Crippen LogP) is 2.82. The number of aryl methyl sites for hydroxylation is 2. The first-order valence-corrected chi connectivity index (χ1v) is 16.6. The van der Waals surface area contributed by atoms with Crippen molar-refractivity contribution in [3.05, 3.63) is 76.3 Å². The number of H-pyrrole nitrogens is 1. The second-order valence-electron chi connectivity index (χ2n) is 12.3. The van der Waals surface area contributed by atoms with Gasteiger partial charge in [-0.3, -0.25) is 28.4 Å². The summed E-state index contributed by atoms with van der Waals surface area (Å²) in [6.45, 7) is 5.46. The summed E-state index contributed by atoms with van der Waals surface area (Å²) in [5, 5.41) is 13.3. The number of imidazole rings is 1. The fourth-order valence-corrected chi connectivity index (χ4v) is 5.92. The minimum atomic E-state index is -0.712. The highest BCUT2D eigenvalue weighted by atomic mass is 16.2. The number of fused-ring (bicyclic) bond motifs is 1. The summed E-state index contributed by atoms with van der Waals surface area (Å²) < 4.78 is 3.12. The van der Waals surface area contributed by atoms with Crippen molar-refractivity contribution in [3.63, 3.8) is 0 Å². The van der Waals surface area contributed by atoms with Crippen LogP contribution in [0.15, 0.2) is 59.4 Å². The van der Waals surface area contributed by atoms with E-state index < -0.39 is 6.04 Å². The zero-order valence-corrected chi connectivity index (χ0v) is 27.8. The third kappa shape index (κ3) is 8.01. The smallest absolute Gasteiger partial charge is 0.326 e. The van der Waals surface area contributed by atoms with E-state index in [1.54, 1.807) is 45.5 Å². The Morgan fingerprint density at radius 3 is 2.42 bits per heavy atom. The average Bonchev–Trinajstić information content (AvgIpc) is 3.63. The van der Waals surface area contributed by atoms with Crippen molar-refractivity contribution >= 4 is 34.7 Å². The van der Waals surface area contributed by atoms with Crippen LogP contribution in [0.5, 0.6) is 0 Å². The average molecular weight is 657 g/mol. The monoisotopic (exact) mass is 656 g/mol. The Balaban J connectivity index is 1.37. The number of hydrogen-bond donors (Lipinski definition) is 4. The highest BCUT2D eigenvalue weighted by molar-refractivity contribution is 5.97. The number of benzene rings is 2. The molecule has 0 saturated carbocycles. The van der Waals surface area contributed by atoms with Gasteiger partial charge in [-0.15, -0.1) is 0 Å². The number of nitrogens with zero attached hydrogens (tertiary/aromatic N) is 4. The lowest BCUT2D eigenvalue weighted by molar-refractivity contribution is -0.130. The molecule has 48 heavy (non-hydrogen) atoms. The third-order valence-electron chi connectivity index (χ3n) is 8.89.